The monoisotopic (exact) mass is 264 g/mol. The van der Waals surface area contributed by atoms with Gasteiger partial charge < -0.3 is 14.9 Å². The summed E-state index contributed by atoms with van der Waals surface area (Å²) in [6.07, 6.45) is -1.30. The Labute approximate surface area is 115 Å². The molecular weight excluding hydrogens is 240 g/mol. The van der Waals surface area contributed by atoms with Crippen molar-refractivity contribution in [3.05, 3.63) is 28.3 Å². The van der Waals surface area contributed by atoms with Crippen LogP contribution in [-0.4, -0.2) is 17.3 Å². The minimum atomic E-state index is -0.662. The highest BCUT2D eigenvalue weighted by Gasteiger charge is 2.48. The van der Waals surface area contributed by atoms with E-state index >= 15 is 0 Å². The summed E-state index contributed by atoms with van der Waals surface area (Å²) in [7, 11) is 1.64. The van der Waals surface area contributed by atoms with E-state index in [1.807, 2.05) is 26.8 Å². The van der Waals surface area contributed by atoms with Crippen LogP contribution in [0.2, 0.25) is 0 Å². The molecule has 0 bridgehead atoms. The Hall–Kier alpha value is -1.06. The van der Waals surface area contributed by atoms with Crippen LogP contribution in [0, 0.1) is 12.3 Å². The van der Waals surface area contributed by atoms with Crippen molar-refractivity contribution in [2.45, 2.75) is 52.7 Å². The fourth-order valence-electron chi connectivity index (χ4n) is 3.06. The van der Waals surface area contributed by atoms with Crippen LogP contribution in [0.4, 0.5) is 0 Å². The predicted octanol–water partition coefficient (Wildman–Crippen LogP) is 3.23. The van der Waals surface area contributed by atoms with Crippen molar-refractivity contribution in [1.82, 2.24) is 0 Å². The van der Waals surface area contributed by atoms with Crippen LogP contribution >= 0.6 is 0 Å². The van der Waals surface area contributed by atoms with Gasteiger partial charge in [-0.15, -0.1) is 0 Å². The van der Waals surface area contributed by atoms with E-state index in [1.54, 1.807) is 7.11 Å². The normalized spacial score (nSPS) is 24.7. The molecule has 0 saturated heterocycles. The van der Waals surface area contributed by atoms with Gasteiger partial charge in [0.2, 0.25) is 0 Å². The van der Waals surface area contributed by atoms with Gasteiger partial charge in [0.1, 0.15) is 5.75 Å². The van der Waals surface area contributed by atoms with Gasteiger partial charge in [0.25, 0.3) is 0 Å². The second-order valence-corrected chi connectivity index (χ2v) is 6.40. The molecule has 0 aliphatic heterocycles. The minimum Gasteiger partial charge on any atom is -0.496 e. The van der Waals surface area contributed by atoms with E-state index in [9.17, 15) is 10.2 Å². The van der Waals surface area contributed by atoms with Gasteiger partial charge in [-0.3, -0.25) is 0 Å². The Morgan fingerprint density at radius 3 is 2.16 bits per heavy atom. The smallest absolute Gasteiger partial charge is 0.122 e. The van der Waals surface area contributed by atoms with Crippen LogP contribution in [0.1, 0.15) is 68.1 Å². The van der Waals surface area contributed by atoms with Gasteiger partial charge in [-0.05, 0) is 41.2 Å². The maximum Gasteiger partial charge on any atom is 0.122 e. The lowest BCUT2D eigenvalue weighted by molar-refractivity contribution is -0.0280. The fraction of sp³-hybridized carbons (Fsp3) is 0.625. The third-order valence-corrected chi connectivity index (χ3v) is 4.46. The SMILES string of the molecule is COc1cc(C(C)C)c2c(c1C)[C@@H](O)C(C)(C)[C@@H]2O. The summed E-state index contributed by atoms with van der Waals surface area (Å²) in [5.74, 6) is 1.06. The van der Waals surface area contributed by atoms with Crippen LogP contribution in [0.5, 0.6) is 5.75 Å². The number of hydrogen-bond donors (Lipinski definition) is 2. The number of ether oxygens (including phenoxy) is 1. The first kappa shape index (κ1) is 14.4. The Bertz CT molecular complexity index is 503. The van der Waals surface area contributed by atoms with Crippen molar-refractivity contribution < 1.29 is 14.9 Å². The first-order valence-corrected chi connectivity index (χ1v) is 6.80. The Morgan fingerprint density at radius 2 is 1.68 bits per heavy atom. The van der Waals surface area contributed by atoms with Crippen LogP contribution in [0.3, 0.4) is 0 Å². The summed E-state index contributed by atoms with van der Waals surface area (Å²) in [6, 6.07) is 2.00. The molecule has 1 aromatic rings. The molecule has 0 radical (unpaired) electrons. The fourth-order valence-corrected chi connectivity index (χ4v) is 3.06. The van der Waals surface area contributed by atoms with Crippen molar-refractivity contribution in [1.29, 1.82) is 0 Å². The van der Waals surface area contributed by atoms with E-state index in [0.717, 1.165) is 28.0 Å². The van der Waals surface area contributed by atoms with Gasteiger partial charge in [0.15, 0.2) is 0 Å². The number of aliphatic hydroxyl groups is 2. The molecule has 0 unspecified atom stereocenters. The lowest BCUT2D eigenvalue weighted by atomic mass is 9.84. The van der Waals surface area contributed by atoms with Gasteiger partial charge >= 0.3 is 0 Å². The molecule has 2 rings (SSSR count). The molecule has 0 saturated carbocycles. The maximum absolute atomic E-state index is 10.6. The molecule has 0 fully saturated rings. The molecule has 1 aromatic carbocycles. The second kappa shape index (κ2) is 4.50. The lowest BCUT2D eigenvalue weighted by Gasteiger charge is -2.27. The highest BCUT2D eigenvalue weighted by Crippen LogP contribution is 2.56. The number of aliphatic hydroxyl groups excluding tert-OH is 2. The number of methoxy groups -OCH3 is 1. The Balaban J connectivity index is 2.79. The van der Waals surface area contributed by atoms with Gasteiger partial charge in [-0.1, -0.05) is 27.7 Å². The second-order valence-electron chi connectivity index (χ2n) is 6.40. The zero-order valence-electron chi connectivity index (χ0n) is 12.6. The van der Waals surface area contributed by atoms with Crippen molar-refractivity contribution in [2.75, 3.05) is 7.11 Å². The molecule has 19 heavy (non-hydrogen) atoms. The average molecular weight is 264 g/mol. The summed E-state index contributed by atoms with van der Waals surface area (Å²) in [4.78, 5) is 0. The van der Waals surface area contributed by atoms with Gasteiger partial charge in [0, 0.05) is 5.41 Å². The van der Waals surface area contributed by atoms with Crippen LogP contribution in [0.25, 0.3) is 0 Å². The lowest BCUT2D eigenvalue weighted by Crippen LogP contribution is -2.22. The van der Waals surface area contributed by atoms with Gasteiger partial charge in [-0.2, -0.15) is 0 Å². The molecule has 0 amide bonds. The molecule has 106 valence electrons. The van der Waals surface area contributed by atoms with Gasteiger partial charge in [-0.25, -0.2) is 0 Å². The van der Waals surface area contributed by atoms with Gasteiger partial charge in [0.05, 0.1) is 19.3 Å². The zero-order chi connectivity index (χ0) is 14.5. The first-order chi connectivity index (χ1) is 8.73. The first-order valence-electron chi connectivity index (χ1n) is 6.80. The topological polar surface area (TPSA) is 49.7 Å². The highest BCUT2D eigenvalue weighted by atomic mass is 16.5. The van der Waals surface area contributed by atoms with E-state index in [4.69, 9.17) is 4.74 Å². The van der Waals surface area contributed by atoms with E-state index in [-0.39, 0.29) is 5.92 Å². The standard InChI is InChI=1S/C16H24O3/c1-8(2)10-7-11(19-6)9(3)12-13(10)15(18)16(4,5)14(12)17/h7-8,14-15,17-18H,1-6H3/t14-,15-/m1/s1. The molecule has 0 spiro atoms. The molecule has 0 heterocycles. The predicted molar refractivity (Wildman–Crippen MR) is 75.5 cm³/mol. The van der Waals surface area contributed by atoms with Crippen LogP contribution in [0.15, 0.2) is 6.07 Å². The molecule has 2 atom stereocenters. The summed E-state index contributed by atoms with van der Waals surface area (Å²) in [5, 5.41) is 21.2. The number of benzene rings is 1. The van der Waals surface area contributed by atoms with Crippen molar-refractivity contribution in [3.8, 4) is 5.75 Å². The Morgan fingerprint density at radius 1 is 1.16 bits per heavy atom. The molecular formula is C16H24O3. The minimum absolute atomic E-state index is 0.277. The number of hydrogen-bond acceptors (Lipinski definition) is 3. The Kier molecular flexibility index (Phi) is 3.40. The van der Waals surface area contributed by atoms with Crippen molar-refractivity contribution in [3.63, 3.8) is 0 Å². The van der Waals surface area contributed by atoms with Crippen LogP contribution < -0.4 is 4.74 Å². The van der Waals surface area contributed by atoms with Crippen molar-refractivity contribution >= 4 is 0 Å². The zero-order valence-corrected chi connectivity index (χ0v) is 12.6. The molecule has 3 nitrogen and oxygen atoms in total. The van der Waals surface area contributed by atoms with Crippen molar-refractivity contribution in [2.24, 2.45) is 5.41 Å². The molecule has 2 N–H and O–H groups in total. The van der Waals surface area contributed by atoms with E-state index < -0.39 is 17.6 Å². The van der Waals surface area contributed by atoms with Crippen LogP contribution in [-0.2, 0) is 0 Å². The highest BCUT2D eigenvalue weighted by molar-refractivity contribution is 5.55. The summed E-state index contributed by atoms with van der Waals surface area (Å²) >= 11 is 0. The third kappa shape index (κ3) is 1.87. The maximum atomic E-state index is 10.6. The quantitative estimate of drug-likeness (QED) is 0.862. The summed E-state index contributed by atoms with van der Waals surface area (Å²) in [6.45, 7) is 9.93. The number of rotatable bonds is 2. The molecule has 1 aliphatic rings. The summed E-state index contributed by atoms with van der Waals surface area (Å²) in [5.41, 5.74) is 3.17. The average Bonchev–Trinajstić information content (AvgIpc) is 2.52. The van der Waals surface area contributed by atoms with E-state index in [0.29, 0.717) is 0 Å². The summed E-state index contributed by atoms with van der Waals surface area (Å²) < 4.78 is 5.42. The number of fused-ring (bicyclic) bond motifs is 1. The molecule has 3 heteroatoms. The molecule has 0 aromatic heterocycles. The largest absolute Gasteiger partial charge is 0.496 e. The van der Waals surface area contributed by atoms with E-state index in [2.05, 4.69) is 13.8 Å². The molecule has 1 aliphatic carbocycles. The third-order valence-electron chi connectivity index (χ3n) is 4.46. The van der Waals surface area contributed by atoms with E-state index in [1.165, 1.54) is 0 Å².